The molecule has 2 atom stereocenters. The largest absolute Gasteiger partial charge is 0.335 e. The summed E-state index contributed by atoms with van der Waals surface area (Å²) in [4.78, 5) is 24.4. The van der Waals surface area contributed by atoms with Gasteiger partial charge in [0.1, 0.15) is 0 Å². The molecule has 0 aromatic heterocycles. The Kier molecular flexibility index (Phi) is 3.61. The van der Waals surface area contributed by atoms with Gasteiger partial charge < -0.3 is 4.90 Å². The Balaban J connectivity index is 1.85. The summed E-state index contributed by atoms with van der Waals surface area (Å²) in [7, 11) is 0. The van der Waals surface area contributed by atoms with E-state index in [0.717, 1.165) is 37.8 Å². The zero-order chi connectivity index (χ0) is 15.0. The minimum Gasteiger partial charge on any atom is -0.335 e. The van der Waals surface area contributed by atoms with E-state index in [1.807, 2.05) is 4.90 Å². The van der Waals surface area contributed by atoms with Crippen LogP contribution in [0.2, 0.25) is 0 Å². The van der Waals surface area contributed by atoms with Crippen molar-refractivity contribution in [3.8, 4) is 0 Å². The standard InChI is InChI=1S/C15H17FN2O3/c16-12-6-5-11(9-14(12)18(20)21)15(19)17-8-7-10-3-1-2-4-13(10)17/h5-6,9-10,13H,1-4,7-8H2. The lowest BCUT2D eigenvalue weighted by molar-refractivity contribution is -0.387. The molecular formula is C15H17FN2O3. The molecular weight excluding hydrogens is 275 g/mol. The second-order valence-electron chi connectivity index (χ2n) is 5.82. The molecule has 1 aliphatic heterocycles. The topological polar surface area (TPSA) is 63.4 Å². The van der Waals surface area contributed by atoms with Crippen LogP contribution in [0.5, 0.6) is 0 Å². The third-order valence-corrected chi connectivity index (χ3v) is 4.66. The molecule has 21 heavy (non-hydrogen) atoms. The summed E-state index contributed by atoms with van der Waals surface area (Å²) >= 11 is 0. The van der Waals surface area contributed by atoms with Gasteiger partial charge in [-0.2, -0.15) is 4.39 Å². The van der Waals surface area contributed by atoms with Crippen molar-refractivity contribution < 1.29 is 14.1 Å². The molecule has 1 saturated heterocycles. The van der Waals surface area contributed by atoms with Crippen molar-refractivity contribution in [2.75, 3.05) is 6.54 Å². The molecule has 2 unspecified atom stereocenters. The van der Waals surface area contributed by atoms with Gasteiger partial charge in [-0.1, -0.05) is 12.8 Å². The van der Waals surface area contributed by atoms with Gasteiger partial charge in [0, 0.05) is 24.2 Å². The highest BCUT2D eigenvalue weighted by molar-refractivity contribution is 5.95. The Bertz CT molecular complexity index is 590. The Morgan fingerprint density at radius 2 is 2.05 bits per heavy atom. The molecule has 1 heterocycles. The molecule has 0 spiro atoms. The van der Waals surface area contributed by atoms with Crippen molar-refractivity contribution >= 4 is 11.6 Å². The Morgan fingerprint density at radius 1 is 1.29 bits per heavy atom. The molecule has 1 saturated carbocycles. The van der Waals surface area contributed by atoms with E-state index in [0.29, 0.717) is 12.5 Å². The zero-order valence-corrected chi connectivity index (χ0v) is 11.6. The molecule has 6 heteroatoms. The van der Waals surface area contributed by atoms with E-state index in [9.17, 15) is 19.3 Å². The summed E-state index contributed by atoms with van der Waals surface area (Å²) < 4.78 is 13.4. The maximum atomic E-state index is 13.4. The molecule has 0 radical (unpaired) electrons. The average molecular weight is 292 g/mol. The van der Waals surface area contributed by atoms with Crippen LogP contribution in [0.1, 0.15) is 42.5 Å². The summed E-state index contributed by atoms with van der Waals surface area (Å²) in [6.45, 7) is 0.694. The smallest absolute Gasteiger partial charge is 0.305 e. The highest BCUT2D eigenvalue weighted by atomic mass is 19.1. The van der Waals surface area contributed by atoms with Crippen molar-refractivity contribution in [2.24, 2.45) is 5.92 Å². The van der Waals surface area contributed by atoms with Gasteiger partial charge in [-0.05, 0) is 37.3 Å². The number of carbonyl (C=O) groups excluding carboxylic acids is 1. The molecule has 1 aromatic carbocycles. The second kappa shape index (κ2) is 5.42. The summed E-state index contributed by atoms with van der Waals surface area (Å²) in [5, 5.41) is 10.8. The van der Waals surface area contributed by atoms with E-state index in [-0.39, 0.29) is 17.5 Å². The summed E-state index contributed by atoms with van der Waals surface area (Å²) in [5.41, 5.74) is -0.436. The second-order valence-corrected chi connectivity index (χ2v) is 5.82. The number of hydrogen-bond donors (Lipinski definition) is 0. The van der Waals surface area contributed by atoms with Gasteiger partial charge in [0.2, 0.25) is 5.82 Å². The SMILES string of the molecule is O=C(c1ccc(F)c([N+](=O)[O-])c1)N1CCC2CCCCC21. The fourth-order valence-electron chi connectivity index (χ4n) is 3.61. The van der Waals surface area contributed by atoms with Gasteiger partial charge in [-0.25, -0.2) is 0 Å². The highest BCUT2D eigenvalue weighted by Gasteiger charge is 2.38. The monoisotopic (exact) mass is 292 g/mol. The van der Waals surface area contributed by atoms with Crippen LogP contribution in [0.3, 0.4) is 0 Å². The van der Waals surface area contributed by atoms with E-state index in [4.69, 9.17) is 0 Å². The minimum absolute atomic E-state index is 0.203. The first-order valence-corrected chi connectivity index (χ1v) is 7.33. The van der Waals surface area contributed by atoms with Crippen molar-refractivity contribution in [3.63, 3.8) is 0 Å². The van der Waals surface area contributed by atoms with Crippen LogP contribution in [0, 0.1) is 21.8 Å². The van der Waals surface area contributed by atoms with Crippen LogP contribution < -0.4 is 0 Å². The maximum Gasteiger partial charge on any atom is 0.305 e. The Morgan fingerprint density at radius 3 is 2.81 bits per heavy atom. The average Bonchev–Trinajstić information content (AvgIpc) is 2.90. The van der Waals surface area contributed by atoms with Gasteiger partial charge in [0.15, 0.2) is 0 Å². The summed E-state index contributed by atoms with van der Waals surface area (Å²) in [5.74, 6) is -0.570. The number of nitro benzene ring substituents is 1. The van der Waals surface area contributed by atoms with Crippen molar-refractivity contribution in [3.05, 3.63) is 39.7 Å². The number of halogens is 1. The van der Waals surface area contributed by atoms with E-state index < -0.39 is 16.4 Å². The van der Waals surface area contributed by atoms with Crippen LogP contribution in [0.4, 0.5) is 10.1 Å². The lowest BCUT2D eigenvalue weighted by Crippen LogP contribution is -2.39. The molecule has 1 aromatic rings. The molecule has 2 fully saturated rings. The molecule has 0 N–H and O–H groups in total. The number of carbonyl (C=O) groups is 1. The normalized spacial score (nSPS) is 24.7. The molecule has 0 bridgehead atoms. The Labute approximate surface area is 121 Å². The lowest BCUT2D eigenvalue weighted by Gasteiger charge is -2.31. The van der Waals surface area contributed by atoms with Crippen LogP contribution in [0.25, 0.3) is 0 Å². The zero-order valence-electron chi connectivity index (χ0n) is 11.6. The number of benzene rings is 1. The van der Waals surface area contributed by atoms with Gasteiger partial charge in [-0.3, -0.25) is 14.9 Å². The molecule has 2 aliphatic rings. The highest BCUT2D eigenvalue weighted by Crippen LogP contribution is 2.37. The first-order chi connectivity index (χ1) is 10.1. The van der Waals surface area contributed by atoms with Crippen molar-refractivity contribution in [1.29, 1.82) is 0 Å². The van der Waals surface area contributed by atoms with E-state index in [2.05, 4.69) is 0 Å². The first-order valence-electron chi connectivity index (χ1n) is 7.33. The van der Waals surface area contributed by atoms with Crippen molar-refractivity contribution in [1.82, 2.24) is 4.90 Å². The van der Waals surface area contributed by atoms with Crippen LogP contribution >= 0.6 is 0 Å². The molecule has 1 aliphatic carbocycles. The summed E-state index contributed by atoms with van der Waals surface area (Å²) in [6.07, 6.45) is 5.48. The fraction of sp³-hybridized carbons (Fsp3) is 0.533. The number of fused-ring (bicyclic) bond motifs is 1. The predicted molar refractivity (Wildman–Crippen MR) is 74.5 cm³/mol. The third kappa shape index (κ3) is 2.50. The molecule has 3 rings (SSSR count). The van der Waals surface area contributed by atoms with Crippen LogP contribution in [-0.2, 0) is 0 Å². The maximum absolute atomic E-state index is 13.4. The lowest BCUT2D eigenvalue weighted by atomic mass is 9.85. The summed E-state index contributed by atoms with van der Waals surface area (Å²) in [6, 6.07) is 3.63. The number of likely N-dealkylation sites (tertiary alicyclic amines) is 1. The number of nitro groups is 1. The fourth-order valence-corrected chi connectivity index (χ4v) is 3.61. The van der Waals surface area contributed by atoms with Crippen molar-refractivity contribution in [2.45, 2.75) is 38.1 Å². The van der Waals surface area contributed by atoms with Gasteiger partial charge in [0.25, 0.3) is 5.91 Å². The minimum atomic E-state index is -0.909. The van der Waals surface area contributed by atoms with E-state index in [1.165, 1.54) is 12.5 Å². The third-order valence-electron chi connectivity index (χ3n) is 4.66. The number of rotatable bonds is 2. The predicted octanol–water partition coefficient (Wildman–Crippen LogP) is 3.14. The number of hydrogen-bond acceptors (Lipinski definition) is 3. The molecule has 5 nitrogen and oxygen atoms in total. The van der Waals surface area contributed by atoms with Gasteiger partial charge in [-0.15, -0.1) is 0 Å². The number of amides is 1. The first kappa shape index (κ1) is 14.0. The van der Waals surface area contributed by atoms with Gasteiger partial charge >= 0.3 is 5.69 Å². The number of nitrogens with zero attached hydrogens (tertiary/aromatic N) is 2. The van der Waals surface area contributed by atoms with Crippen LogP contribution in [0.15, 0.2) is 18.2 Å². The molecule has 112 valence electrons. The molecule has 1 amide bonds. The quantitative estimate of drug-likeness (QED) is 0.621. The Hall–Kier alpha value is -1.98. The van der Waals surface area contributed by atoms with E-state index in [1.54, 1.807) is 0 Å². The van der Waals surface area contributed by atoms with Gasteiger partial charge in [0.05, 0.1) is 4.92 Å². The van der Waals surface area contributed by atoms with E-state index >= 15 is 0 Å². The van der Waals surface area contributed by atoms with Crippen LogP contribution in [-0.4, -0.2) is 28.3 Å².